The number of aromatic nitrogens is 2. The third-order valence-corrected chi connectivity index (χ3v) is 3.85. The van der Waals surface area contributed by atoms with Crippen molar-refractivity contribution in [2.45, 2.75) is 32.7 Å². The predicted molar refractivity (Wildman–Crippen MR) is 65.9 cm³/mol. The Balaban J connectivity index is 2.00. The van der Waals surface area contributed by atoms with Crippen molar-refractivity contribution in [3.8, 4) is 0 Å². The second-order valence-electron chi connectivity index (χ2n) is 4.74. The molecule has 0 aromatic carbocycles. The Hall–Kier alpha value is -1.16. The number of hydrogen-bond donors (Lipinski definition) is 1. The normalized spacial score (nSPS) is 28.1. The van der Waals surface area contributed by atoms with Crippen LogP contribution in [0.4, 0.5) is 0 Å². The summed E-state index contributed by atoms with van der Waals surface area (Å²) in [4.78, 5) is 11.9. The molecule has 0 radical (unpaired) electrons. The summed E-state index contributed by atoms with van der Waals surface area (Å²) in [5.74, 6) is 1.01. The topological polar surface area (TPSA) is 54.9 Å². The first-order chi connectivity index (χ1) is 8.08. The zero-order valence-electron chi connectivity index (χ0n) is 9.98. The lowest BCUT2D eigenvalue weighted by Gasteiger charge is -2.19. The number of halogens is 1. The van der Waals surface area contributed by atoms with E-state index < -0.39 is 0 Å². The molecule has 1 aliphatic carbocycles. The van der Waals surface area contributed by atoms with Gasteiger partial charge in [0.2, 0.25) is 0 Å². The molecule has 3 unspecified atom stereocenters. The highest BCUT2D eigenvalue weighted by Gasteiger charge is 2.31. The minimum atomic E-state index is -0.167. The van der Waals surface area contributed by atoms with Crippen molar-refractivity contribution < 1.29 is 4.79 Å². The number of carbonyl (C=O) groups excluding carboxylic acids is 1. The van der Waals surface area contributed by atoms with Crippen molar-refractivity contribution in [2.75, 3.05) is 0 Å². The molecule has 1 N–H and O–H groups in total. The average molecular weight is 254 g/mol. The standard InChI is InChI=1S/C12H16ClN3O/c1-7-3-4-9(8(7)2)14-12(17)10-5-6-11(13)16-15-10/h5-9H,3-4H2,1-2H3,(H,14,17). The molecule has 92 valence electrons. The van der Waals surface area contributed by atoms with E-state index >= 15 is 0 Å². The van der Waals surface area contributed by atoms with Gasteiger partial charge in [-0.1, -0.05) is 25.4 Å². The molecule has 1 saturated carbocycles. The number of nitrogens with one attached hydrogen (secondary N) is 1. The van der Waals surface area contributed by atoms with E-state index in [1.54, 1.807) is 12.1 Å². The van der Waals surface area contributed by atoms with E-state index in [1.165, 1.54) is 6.42 Å². The first-order valence-corrected chi connectivity index (χ1v) is 6.26. The molecule has 1 aromatic heterocycles. The molecule has 2 rings (SSSR count). The van der Waals surface area contributed by atoms with Crippen molar-refractivity contribution in [2.24, 2.45) is 11.8 Å². The summed E-state index contributed by atoms with van der Waals surface area (Å²) < 4.78 is 0. The van der Waals surface area contributed by atoms with Gasteiger partial charge < -0.3 is 5.32 Å². The molecule has 4 nitrogen and oxygen atoms in total. The molecular weight excluding hydrogens is 238 g/mol. The van der Waals surface area contributed by atoms with Crippen LogP contribution in [0.1, 0.15) is 37.2 Å². The van der Waals surface area contributed by atoms with Crippen LogP contribution in [-0.2, 0) is 0 Å². The SMILES string of the molecule is CC1CCC(NC(=O)c2ccc(Cl)nn2)C1C. The summed E-state index contributed by atoms with van der Waals surface area (Å²) in [5.41, 5.74) is 0.321. The molecule has 1 amide bonds. The van der Waals surface area contributed by atoms with Crippen molar-refractivity contribution in [1.29, 1.82) is 0 Å². The molecule has 3 atom stereocenters. The van der Waals surface area contributed by atoms with Crippen LogP contribution >= 0.6 is 11.6 Å². The predicted octanol–water partition coefficient (Wildman–Crippen LogP) is 2.29. The van der Waals surface area contributed by atoms with E-state index in [0.717, 1.165) is 6.42 Å². The van der Waals surface area contributed by atoms with E-state index in [0.29, 0.717) is 22.7 Å². The number of amides is 1. The van der Waals surface area contributed by atoms with Crippen LogP contribution in [0.3, 0.4) is 0 Å². The van der Waals surface area contributed by atoms with Crippen LogP contribution in [0.2, 0.25) is 5.15 Å². The largest absolute Gasteiger partial charge is 0.348 e. The van der Waals surface area contributed by atoms with Gasteiger partial charge in [-0.3, -0.25) is 4.79 Å². The van der Waals surface area contributed by atoms with Gasteiger partial charge in [0.25, 0.3) is 5.91 Å². The molecule has 17 heavy (non-hydrogen) atoms. The molecule has 1 heterocycles. The lowest BCUT2D eigenvalue weighted by molar-refractivity contribution is 0.0921. The molecule has 0 bridgehead atoms. The number of nitrogens with zero attached hydrogens (tertiary/aromatic N) is 2. The fourth-order valence-electron chi connectivity index (χ4n) is 2.25. The molecule has 0 saturated heterocycles. The lowest BCUT2D eigenvalue weighted by atomic mass is 9.98. The van der Waals surface area contributed by atoms with Gasteiger partial charge in [0, 0.05) is 6.04 Å². The van der Waals surface area contributed by atoms with Gasteiger partial charge in [-0.25, -0.2) is 0 Å². The minimum absolute atomic E-state index is 0.167. The van der Waals surface area contributed by atoms with Gasteiger partial charge in [0.1, 0.15) is 0 Å². The van der Waals surface area contributed by atoms with E-state index in [2.05, 4.69) is 29.4 Å². The van der Waals surface area contributed by atoms with Crippen LogP contribution in [0.25, 0.3) is 0 Å². The zero-order chi connectivity index (χ0) is 12.4. The summed E-state index contributed by atoms with van der Waals surface area (Å²) >= 11 is 5.62. The van der Waals surface area contributed by atoms with Gasteiger partial charge in [-0.2, -0.15) is 0 Å². The zero-order valence-corrected chi connectivity index (χ0v) is 10.7. The highest BCUT2D eigenvalue weighted by Crippen LogP contribution is 2.31. The second-order valence-corrected chi connectivity index (χ2v) is 5.12. The molecular formula is C12H16ClN3O. The number of carbonyl (C=O) groups is 1. The molecule has 1 aliphatic rings. The van der Waals surface area contributed by atoms with E-state index in [4.69, 9.17) is 11.6 Å². The van der Waals surface area contributed by atoms with E-state index in [1.807, 2.05) is 0 Å². The van der Waals surface area contributed by atoms with Gasteiger partial charge in [0.05, 0.1) is 0 Å². The summed E-state index contributed by atoms with van der Waals surface area (Å²) in [6.45, 7) is 4.40. The Morgan fingerprint density at radius 3 is 2.65 bits per heavy atom. The van der Waals surface area contributed by atoms with Gasteiger partial charge in [-0.15, -0.1) is 10.2 Å². The van der Waals surface area contributed by atoms with E-state index in [-0.39, 0.29) is 11.9 Å². The smallest absolute Gasteiger partial charge is 0.272 e. The first kappa shape index (κ1) is 12.3. The summed E-state index contributed by atoms with van der Waals surface area (Å²) in [5, 5.41) is 10.7. The summed E-state index contributed by atoms with van der Waals surface area (Å²) in [6.07, 6.45) is 2.20. The summed E-state index contributed by atoms with van der Waals surface area (Å²) in [7, 11) is 0. The van der Waals surface area contributed by atoms with Crippen molar-refractivity contribution in [3.05, 3.63) is 23.0 Å². The van der Waals surface area contributed by atoms with Crippen LogP contribution in [-0.4, -0.2) is 22.1 Å². The van der Waals surface area contributed by atoms with Crippen LogP contribution in [0, 0.1) is 11.8 Å². The maximum Gasteiger partial charge on any atom is 0.272 e. The van der Waals surface area contributed by atoms with Crippen molar-refractivity contribution in [3.63, 3.8) is 0 Å². The van der Waals surface area contributed by atoms with Gasteiger partial charge >= 0.3 is 0 Å². The van der Waals surface area contributed by atoms with Crippen LogP contribution in [0.5, 0.6) is 0 Å². The molecule has 0 aliphatic heterocycles. The van der Waals surface area contributed by atoms with Crippen LogP contribution in [0.15, 0.2) is 12.1 Å². The third-order valence-electron chi connectivity index (χ3n) is 3.65. The van der Waals surface area contributed by atoms with Crippen molar-refractivity contribution in [1.82, 2.24) is 15.5 Å². The Kier molecular flexibility index (Phi) is 3.62. The number of hydrogen-bond acceptors (Lipinski definition) is 3. The third kappa shape index (κ3) is 2.75. The highest BCUT2D eigenvalue weighted by molar-refractivity contribution is 6.29. The van der Waals surface area contributed by atoms with Gasteiger partial charge in [0.15, 0.2) is 10.8 Å². The average Bonchev–Trinajstić information content (AvgIpc) is 2.62. The van der Waals surface area contributed by atoms with E-state index in [9.17, 15) is 4.79 Å². The molecule has 1 aromatic rings. The first-order valence-electron chi connectivity index (χ1n) is 5.88. The van der Waals surface area contributed by atoms with Gasteiger partial charge in [-0.05, 0) is 36.8 Å². The molecule has 5 heteroatoms. The Bertz CT molecular complexity index is 407. The Morgan fingerprint density at radius 1 is 1.35 bits per heavy atom. The quantitative estimate of drug-likeness (QED) is 0.880. The summed E-state index contributed by atoms with van der Waals surface area (Å²) in [6, 6.07) is 3.41. The maximum atomic E-state index is 11.9. The monoisotopic (exact) mass is 253 g/mol. The fourth-order valence-corrected chi connectivity index (χ4v) is 2.35. The Labute approximate surface area is 106 Å². The lowest BCUT2D eigenvalue weighted by Crippen LogP contribution is -2.37. The molecule has 1 fully saturated rings. The van der Waals surface area contributed by atoms with Crippen LogP contribution < -0.4 is 5.32 Å². The number of rotatable bonds is 2. The highest BCUT2D eigenvalue weighted by atomic mass is 35.5. The minimum Gasteiger partial charge on any atom is -0.348 e. The molecule has 0 spiro atoms. The fraction of sp³-hybridized carbons (Fsp3) is 0.583. The van der Waals surface area contributed by atoms with Crippen molar-refractivity contribution >= 4 is 17.5 Å². The Morgan fingerprint density at radius 2 is 2.12 bits per heavy atom. The maximum absolute atomic E-state index is 11.9. The second kappa shape index (κ2) is 5.00.